The van der Waals surface area contributed by atoms with Crippen molar-refractivity contribution in [3.63, 3.8) is 0 Å². The summed E-state index contributed by atoms with van der Waals surface area (Å²) in [5.74, 6) is -0.0933. The Morgan fingerprint density at radius 3 is 2.22 bits per heavy atom. The topological polar surface area (TPSA) is 67.3 Å². The zero-order valence-electron chi connectivity index (χ0n) is 13.3. The molecular formula is C17H20N2O3S. The van der Waals surface area contributed by atoms with Crippen LogP contribution in [0.2, 0.25) is 0 Å². The normalized spacial score (nSPS) is 11.2. The van der Waals surface area contributed by atoms with E-state index in [0.717, 1.165) is 12.0 Å². The molecule has 1 heterocycles. The molecule has 1 amide bonds. The number of benzene rings is 1. The number of amides is 1. The molecule has 0 aliphatic carbocycles. The minimum atomic E-state index is -3.07. The molecule has 23 heavy (non-hydrogen) atoms. The number of pyridine rings is 1. The van der Waals surface area contributed by atoms with Gasteiger partial charge in [0.15, 0.2) is 9.84 Å². The first-order valence-electron chi connectivity index (χ1n) is 7.26. The fourth-order valence-corrected chi connectivity index (χ4v) is 3.01. The molecular weight excluding hydrogens is 312 g/mol. The van der Waals surface area contributed by atoms with Gasteiger partial charge in [0.25, 0.3) is 5.91 Å². The Bertz CT molecular complexity index is 756. The molecule has 1 aromatic carbocycles. The van der Waals surface area contributed by atoms with Crippen LogP contribution in [-0.4, -0.2) is 44.1 Å². The maximum atomic E-state index is 12.4. The van der Waals surface area contributed by atoms with Crippen molar-refractivity contribution in [2.45, 2.75) is 12.2 Å². The van der Waals surface area contributed by atoms with E-state index in [1.165, 1.54) is 6.26 Å². The SMILES string of the molecule is CN(CCc1ccncc1)C(=O)c1ccc(CS(C)(=O)=O)cc1. The summed E-state index contributed by atoms with van der Waals surface area (Å²) in [5, 5.41) is 0. The predicted octanol–water partition coefficient (Wildman–Crippen LogP) is 1.94. The molecule has 5 nitrogen and oxygen atoms in total. The fraction of sp³-hybridized carbons (Fsp3) is 0.294. The van der Waals surface area contributed by atoms with Crippen molar-refractivity contribution in [2.24, 2.45) is 0 Å². The van der Waals surface area contributed by atoms with Gasteiger partial charge in [0.1, 0.15) is 0 Å². The molecule has 0 radical (unpaired) electrons. The largest absolute Gasteiger partial charge is 0.341 e. The number of carbonyl (C=O) groups excluding carboxylic acids is 1. The van der Waals surface area contributed by atoms with Gasteiger partial charge in [0.05, 0.1) is 5.75 Å². The smallest absolute Gasteiger partial charge is 0.253 e. The van der Waals surface area contributed by atoms with Gasteiger partial charge in [-0.1, -0.05) is 12.1 Å². The van der Waals surface area contributed by atoms with Crippen LogP contribution in [0.25, 0.3) is 0 Å². The van der Waals surface area contributed by atoms with Crippen molar-refractivity contribution in [3.05, 3.63) is 65.5 Å². The van der Waals surface area contributed by atoms with Gasteiger partial charge in [-0.15, -0.1) is 0 Å². The van der Waals surface area contributed by atoms with E-state index in [9.17, 15) is 13.2 Å². The van der Waals surface area contributed by atoms with Gasteiger partial charge in [-0.25, -0.2) is 8.42 Å². The van der Waals surface area contributed by atoms with Crippen molar-refractivity contribution < 1.29 is 13.2 Å². The van der Waals surface area contributed by atoms with Gasteiger partial charge in [-0.05, 0) is 41.8 Å². The van der Waals surface area contributed by atoms with E-state index in [2.05, 4.69) is 4.98 Å². The molecule has 0 bridgehead atoms. The highest BCUT2D eigenvalue weighted by Gasteiger charge is 2.12. The van der Waals surface area contributed by atoms with Crippen molar-refractivity contribution in [3.8, 4) is 0 Å². The van der Waals surface area contributed by atoms with Gasteiger partial charge in [-0.2, -0.15) is 0 Å². The summed E-state index contributed by atoms with van der Waals surface area (Å²) in [5.41, 5.74) is 2.37. The predicted molar refractivity (Wildman–Crippen MR) is 89.9 cm³/mol. The highest BCUT2D eigenvalue weighted by Crippen LogP contribution is 2.10. The lowest BCUT2D eigenvalue weighted by Gasteiger charge is -2.17. The Morgan fingerprint density at radius 2 is 1.65 bits per heavy atom. The highest BCUT2D eigenvalue weighted by molar-refractivity contribution is 7.89. The second-order valence-corrected chi connectivity index (χ2v) is 7.74. The third kappa shape index (κ3) is 5.49. The number of sulfone groups is 1. The number of rotatable bonds is 6. The monoisotopic (exact) mass is 332 g/mol. The zero-order valence-corrected chi connectivity index (χ0v) is 14.1. The van der Waals surface area contributed by atoms with E-state index in [1.54, 1.807) is 48.6 Å². The van der Waals surface area contributed by atoms with Crippen LogP contribution in [0.1, 0.15) is 21.5 Å². The van der Waals surface area contributed by atoms with Crippen LogP contribution in [0, 0.1) is 0 Å². The second kappa shape index (κ2) is 7.37. The minimum Gasteiger partial charge on any atom is -0.341 e. The number of hydrogen-bond acceptors (Lipinski definition) is 4. The lowest BCUT2D eigenvalue weighted by Crippen LogP contribution is -2.28. The Balaban J connectivity index is 1.96. The van der Waals surface area contributed by atoms with E-state index in [-0.39, 0.29) is 11.7 Å². The molecule has 2 rings (SSSR count). The van der Waals surface area contributed by atoms with Gasteiger partial charge >= 0.3 is 0 Å². The molecule has 0 saturated carbocycles. The van der Waals surface area contributed by atoms with E-state index in [1.807, 2.05) is 12.1 Å². The molecule has 0 aliphatic rings. The average Bonchev–Trinajstić information content (AvgIpc) is 2.52. The number of hydrogen-bond donors (Lipinski definition) is 0. The summed E-state index contributed by atoms with van der Waals surface area (Å²) >= 11 is 0. The number of carbonyl (C=O) groups is 1. The Hall–Kier alpha value is -2.21. The van der Waals surface area contributed by atoms with Gasteiger partial charge in [-0.3, -0.25) is 9.78 Å². The Kier molecular flexibility index (Phi) is 5.50. The van der Waals surface area contributed by atoms with Crippen LogP contribution in [0.3, 0.4) is 0 Å². The van der Waals surface area contributed by atoms with Crippen LogP contribution < -0.4 is 0 Å². The number of likely N-dealkylation sites (N-methyl/N-ethyl adjacent to an activating group) is 1. The lowest BCUT2D eigenvalue weighted by molar-refractivity contribution is 0.0796. The average molecular weight is 332 g/mol. The first-order valence-corrected chi connectivity index (χ1v) is 9.32. The molecule has 0 fully saturated rings. The van der Waals surface area contributed by atoms with Crippen molar-refractivity contribution in [2.75, 3.05) is 19.8 Å². The van der Waals surface area contributed by atoms with Gasteiger partial charge in [0.2, 0.25) is 0 Å². The summed E-state index contributed by atoms with van der Waals surface area (Å²) in [7, 11) is -1.31. The maximum Gasteiger partial charge on any atom is 0.253 e. The summed E-state index contributed by atoms with van der Waals surface area (Å²) in [4.78, 5) is 18.0. The van der Waals surface area contributed by atoms with Crippen LogP contribution in [0.15, 0.2) is 48.8 Å². The molecule has 122 valence electrons. The summed E-state index contributed by atoms with van der Waals surface area (Å²) in [6.07, 6.45) is 5.42. The third-order valence-electron chi connectivity index (χ3n) is 3.46. The molecule has 2 aromatic rings. The highest BCUT2D eigenvalue weighted by atomic mass is 32.2. The zero-order chi connectivity index (χ0) is 16.9. The first-order chi connectivity index (χ1) is 10.8. The lowest BCUT2D eigenvalue weighted by atomic mass is 10.1. The molecule has 0 aliphatic heterocycles. The number of nitrogens with zero attached hydrogens (tertiary/aromatic N) is 2. The number of aromatic nitrogens is 1. The Labute approximate surface area is 136 Å². The standard InChI is InChI=1S/C17H20N2O3S/c1-19(12-9-14-7-10-18-11-8-14)17(20)16-5-3-15(4-6-16)13-23(2,21)22/h3-8,10-11H,9,12-13H2,1-2H3. The van der Waals surface area contributed by atoms with E-state index < -0.39 is 9.84 Å². The maximum absolute atomic E-state index is 12.4. The fourth-order valence-electron chi connectivity index (χ4n) is 2.21. The van der Waals surface area contributed by atoms with Crippen molar-refractivity contribution >= 4 is 15.7 Å². The summed E-state index contributed by atoms with van der Waals surface area (Å²) in [6, 6.07) is 10.6. The van der Waals surface area contributed by atoms with Crippen LogP contribution in [0.5, 0.6) is 0 Å². The summed E-state index contributed by atoms with van der Waals surface area (Å²) in [6.45, 7) is 0.605. The van der Waals surface area contributed by atoms with Crippen LogP contribution in [0.4, 0.5) is 0 Å². The third-order valence-corrected chi connectivity index (χ3v) is 4.32. The molecule has 0 spiro atoms. The van der Waals surface area contributed by atoms with Gasteiger partial charge < -0.3 is 4.90 Å². The Morgan fingerprint density at radius 1 is 1.04 bits per heavy atom. The quantitative estimate of drug-likeness (QED) is 0.811. The molecule has 0 atom stereocenters. The van der Waals surface area contributed by atoms with Gasteiger partial charge in [0, 0.05) is 37.8 Å². The molecule has 0 unspecified atom stereocenters. The summed E-state index contributed by atoms with van der Waals surface area (Å²) < 4.78 is 22.5. The molecule has 0 saturated heterocycles. The van der Waals surface area contributed by atoms with Crippen LogP contribution >= 0.6 is 0 Å². The van der Waals surface area contributed by atoms with E-state index >= 15 is 0 Å². The van der Waals surface area contributed by atoms with Crippen LogP contribution in [-0.2, 0) is 22.0 Å². The van der Waals surface area contributed by atoms with E-state index in [0.29, 0.717) is 17.7 Å². The molecule has 6 heteroatoms. The van der Waals surface area contributed by atoms with E-state index in [4.69, 9.17) is 0 Å². The van der Waals surface area contributed by atoms with Crippen molar-refractivity contribution in [1.82, 2.24) is 9.88 Å². The van der Waals surface area contributed by atoms with Crippen molar-refractivity contribution in [1.29, 1.82) is 0 Å². The second-order valence-electron chi connectivity index (χ2n) is 5.60. The molecule has 1 aromatic heterocycles. The first kappa shape index (κ1) is 17.1. The molecule has 0 N–H and O–H groups in total. The minimum absolute atomic E-state index is 0.0145.